The summed E-state index contributed by atoms with van der Waals surface area (Å²) >= 11 is 1.51. The van der Waals surface area contributed by atoms with Crippen LogP contribution in [-0.2, 0) is 4.79 Å². The summed E-state index contributed by atoms with van der Waals surface area (Å²) in [6.45, 7) is 5.40. The van der Waals surface area contributed by atoms with Crippen molar-refractivity contribution in [2.75, 3.05) is 18.4 Å². The molecule has 138 valence electrons. The molecule has 2 heterocycles. The number of carbonyl (C=O) groups excluding carboxylic acids is 2. The van der Waals surface area contributed by atoms with Crippen molar-refractivity contribution in [3.63, 3.8) is 0 Å². The van der Waals surface area contributed by atoms with E-state index in [0.717, 1.165) is 43.6 Å². The fourth-order valence-electron chi connectivity index (χ4n) is 4.00. The number of anilines is 1. The van der Waals surface area contributed by atoms with E-state index in [4.69, 9.17) is 0 Å². The van der Waals surface area contributed by atoms with E-state index in [1.54, 1.807) is 6.20 Å². The van der Waals surface area contributed by atoms with Crippen molar-refractivity contribution in [1.29, 1.82) is 0 Å². The zero-order valence-corrected chi connectivity index (χ0v) is 16.0. The van der Waals surface area contributed by atoms with Gasteiger partial charge in [0.15, 0.2) is 5.13 Å². The van der Waals surface area contributed by atoms with Gasteiger partial charge in [0.1, 0.15) is 0 Å². The average Bonchev–Trinajstić information content (AvgIpc) is 3.27. The molecule has 0 aromatic carbocycles. The zero-order chi connectivity index (χ0) is 17.8. The number of aromatic nitrogens is 1. The van der Waals surface area contributed by atoms with E-state index in [-0.39, 0.29) is 18.0 Å². The lowest BCUT2D eigenvalue weighted by atomic mass is 10.0. The molecule has 25 heavy (non-hydrogen) atoms. The van der Waals surface area contributed by atoms with Gasteiger partial charge in [-0.15, -0.1) is 11.3 Å². The van der Waals surface area contributed by atoms with Crippen LogP contribution in [0.5, 0.6) is 0 Å². The molecule has 1 N–H and O–H groups in total. The molecule has 0 atom stereocenters. The molecule has 3 amide bonds. The lowest BCUT2D eigenvalue weighted by Crippen LogP contribution is -2.53. The predicted octanol–water partition coefficient (Wildman–Crippen LogP) is 3.63. The van der Waals surface area contributed by atoms with Crippen molar-refractivity contribution < 1.29 is 9.59 Å². The fourth-order valence-corrected chi connectivity index (χ4v) is 4.65. The number of likely N-dealkylation sites (tertiary alicyclic amines) is 1. The molecule has 1 saturated carbocycles. The van der Waals surface area contributed by atoms with E-state index in [9.17, 15) is 9.59 Å². The Labute approximate surface area is 153 Å². The SMILES string of the molecule is CCC(=O)N1CCC(N(C(=O)Nc2ncc(C)s2)C2CCCC2)CC1. The van der Waals surface area contributed by atoms with Gasteiger partial charge >= 0.3 is 6.03 Å². The lowest BCUT2D eigenvalue weighted by Gasteiger charge is -2.41. The number of nitrogens with zero attached hydrogens (tertiary/aromatic N) is 3. The van der Waals surface area contributed by atoms with Crippen LogP contribution in [0.3, 0.4) is 0 Å². The number of carbonyl (C=O) groups is 2. The van der Waals surface area contributed by atoms with Gasteiger partial charge in [-0.3, -0.25) is 10.1 Å². The normalized spacial score (nSPS) is 19.2. The number of piperidine rings is 1. The summed E-state index contributed by atoms with van der Waals surface area (Å²) < 4.78 is 0. The Hall–Kier alpha value is -1.63. The third kappa shape index (κ3) is 4.32. The molecule has 1 saturated heterocycles. The highest BCUT2D eigenvalue weighted by Gasteiger charge is 2.35. The second kappa shape index (κ2) is 8.17. The highest BCUT2D eigenvalue weighted by molar-refractivity contribution is 7.15. The van der Waals surface area contributed by atoms with Crippen molar-refractivity contribution in [3.05, 3.63) is 11.1 Å². The van der Waals surface area contributed by atoms with E-state index in [1.165, 1.54) is 24.2 Å². The molecule has 1 aromatic rings. The molecule has 6 nitrogen and oxygen atoms in total. The largest absolute Gasteiger partial charge is 0.343 e. The number of rotatable bonds is 4. The molecule has 0 bridgehead atoms. The summed E-state index contributed by atoms with van der Waals surface area (Å²) in [5.74, 6) is 0.216. The number of thiazole rings is 1. The summed E-state index contributed by atoms with van der Waals surface area (Å²) in [6, 6.07) is 0.506. The van der Waals surface area contributed by atoms with E-state index in [1.807, 2.05) is 18.7 Å². The highest BCUT2D eigenvalue weighted by Crippen LogP contribution is 2.30. The van der Waals surface area contributed by atoms with E-state index >= 15 is 0 Å². The minimum atomic E-state index is -0.0264. The monoisotopic (exact) mass is 364 g/mol. The Morgan fingerprint density at radius 3 is 2.44 bits per heavy atom. The molecule has 2 aliphatic rings. The number of nitrogens with one attached hydrogen (secondary N) is 1. The number of urea groups is 1. The maximum absolute atomic E-state index is 13.0. The Balaban J connectivity index is 1.67. The molecule has 1 aliphatic carbocycles. The van der Waals surface area contributed by atoms with Gasteiger partial charge in [-0.05, 0) is 32.6 Å². The van der Waals surface area contributed by atoms with Crippen molar-refractivity contribution in [3.8, 4) is 0 Å². The maximum Gasteiger partial charge on any atom is 0.324 e. The van der Waals surface area contributed by atoms with Gasteiger partial charge in [0.2, 0.25) is 5.91 Å². The first kappa shape index (κ1) is 18.2. The number of aryl methyl sites for hydroxylation is 1. The first-order chi connectivity index (χ1) is 12.1. The zero-order valence-electron chi connectivity index (χ0n) is 15.2. The molecule has 0 radical (unpaired) electrons. The Morgan fingerprint density at radius 1 is 1.24 bits per heavy atom. The highest BCUT2D eigenvalue weighted by atomic mass is 32.1. The quantitative estimate of drug-likeness (QED) is 0.887. The molecule has 1 aromatic heterocycles. The van der Waals surface area contributed by atoms with Gasteiger partial charge < -0.3 is 9.80 Å². The fraction of sp³-hybridized carbons (Fsp3) is 0.722. The summed E-state index contributed by atoms with van der Waals surface area (Å²) in [4.78, 5) is 34.2. The van der Waals surface area contributed by atoms with Gasteiger partial charge in [0.25, 0.3) is 0 Å². The topological polar surface area (TPSA) is 65.5 Å². The average molecular weight is 365 g/mol. The van der Waals surface area contributed by atoms with Crippen LogP contribution in [0.2, 0.25) is 0 Å². The molecule has 1 aliphatic heterocycles. The standard InChI is InChI=1S/C18H28N4O2S/c1-3-16(23)21-10-8-15(9-11-21)22(14-6-4-5-7-14)18(24)20-17-19-12-13(2)25-17/h12,14-15H,3-11H2,1-2H3,(H,19,20,24). The minimum absolute atomic E-state index is 0.0264. The van der Waals surface area contributed by atoms with Crippen LogP contribution >= 0.6 is 11.3 Å². The summed E-state index contributed by atoms with van der Waals surface area (Å²) in [6.07, 6.45) is 8.63. The van der Waals surface area contributed by atoms with Gasteiger partial charge in [-0.2, -0.15) is 0 Å². The minimum Gasteiger partial charge on any atom is -0.343 e. The van der Waals surface area contributed by atoms with E-state index in [0.29, 0.717) is 17.6 Å². The Morgan fingerprint density at radius 2 is 1.88 bits per heavy atom. The van der Waals surface area contributed by atoms with Crippen molar-refractivity contribution in [2.45, 2.75) is 70.9 Å². The molecule has 2 fully saturated rings. The van der Waals surface area contributed by atoms with Crippen LogP contribution in [0.25, 0.3) is 0 Å². The second-order valence-electron chi connectivity index (χ2n) is 7.02. The van der Waals surface area contributed by atoms with Crippen molar-refractivity contribution in [2.24, 2.45) is 0 Å². The third-order valence-corrected chi connectivity index (χ3v) is 6.13. The predicted molar refractivity (Wildman–Crippen MR) is 99.9 cm³/mol. The van der Waals surface area contributed by atoms with Crippen LogP contribution in [0.15, 0.2) is 6.20 Å². The van der Waals surface area contributed by atoms with Crippen LogP contribution in [-0.4, -0.2) is 51.9 Å². The van der Waals surface area contributed by atoms with Crippen LogP contribution in [0.4, 0.5) is 9.93 Å². The molecule has 0 unspecified atom stereocenters. The van der Waals surface area contributed by atoms with Gasteiger partial charge in [-0.25, -0.2) is 9.78 Å². The first-order valence-electron chi connectivity index (χ1n) is 9.38. The summed E-state index contributed by atoms with van der Waals surface area (Å²) in [5.41, 5.74) is 0. The van der Waals surface area contributed by atoms with E-state index < -0.39 is 0 Å². The molecule has 3 rings (SSSR count). The summed E-state index contributed by atoms with van der Waals surface area (Å²) in [7, 11) is 0. The first-order valence-corrected chi connectivity index (χ1v) is 10.2. The van der Waals surface area contributed by atoms with Crippen molar-refractivity contribution >= 4 is 28.4 Å². The number of hydrogen-bond donors (Lipinski definition) is 1. The molecule has 7 heteroatoms. The molecule has 0 spiro atoms. The lowest BCUT2D eigenvalue weighted by molar-refractivity contribution is -0.132. The Kier molecular flexibility index (Phi) is 5.93. The van der Waals surface area contributed by atoms with Crippen LogP contribution < -0.4 is 5.32 Å². The molecular formula is C18H28N4O2S. The van der Waals surface area contributed by atoms with Crippen LogP contribution in [0.1, 0.15) is 56.7 Å². The van der Waals surface area contributed by atoms with Crippen molar-refractivity contribution in [1.82, 2.24) is 14.8 Å². The third-order valence-electron chi connectivity index (χ3n) is 5.30. The number of amides is 3. The van der Waals surface area contributed by atoms with Crippen LogP contribution in [0, 0.1) is 6.92 Å². The van der Waals surface area contributed by atoms with Gasteiger partial charge in [0, 0.05) is 42.7 Å². The smallest absolute Gasteiger partial charge is 0.324 e. The van der Waals surface area contributed by atoms with Gasteiger partial charge in [-0.1, -0.05) is 19.8 Å². The molecular weight excluding hydrogens is 336 g/mol. The van der Waals surface area contributed by atoms with E-state index in [2.05, 4.69) is 15.2 Å². The summed E-state index contributed by atoms with van der Waals surface area (Å²) in [5, 5.41) is 3.67. The van der Waals surface area contributed by atoms with Gasteiger partial charge in [0.05, 0.1) is 0 Å². The number of hydrogen-bond acceptors (Lipinski definition) is 4. The Bertz CT molecular complexity index is 604. The maximum atomic E-state index is 13.0. The second-order valence-corrected chi connectivity index (χ2v) is 8.25.